The van der Waals surface area contributed by atoms with Crippen molar-refractivity contribution in [3.8, 4) is 0 Å². The van der Waals surface area contributed by atoms with Crippen molar-refractivity contribution in [1.82, 2.24) is 5.32 Å². The van der Waals surface area contributed by atoms with Gasteiger partial charge in [0.05, 0.1) is 0 Å². The van der Waals surface area contributed by atoms with Gasteiger partial charge in [0.15, 0.2) is 0 Å². The summed E-state index contributed by atoms with van der Waals surface area (Å²) in [5.74, 6) is 1.31. The van der Waals surface area contributed by atoms with Crippen molar-refractivity contribution in [3.63, 3.8) is 0 Å². The van der Waals surface area contributed by atoms with Gasteiger partial charge in [0.2, 0.25) is 5.91 Å². The molecule has 1 unspecified atom stereocenters. The lowest BCUT2D eigenvalue weighted by molar-refractivity contribution is -0.127. The average molecular weight is 226 g/mol. The van der Waals surface area contributed by atoms with Crippen molar-refractivity contribution >= 4 is 5.91 Å². The maximum atomic E-state index is 12.0. The summed E-state index contributed by atoms with van der Waals surface area (Å²) in [7, 11) is 0. The molecule has 0 heterocycles. The minimum atomic E-state index is 0.253. The third-order valence-electron chi connectivity index (χ3n) is 3.74. The van der Waals surface area contributed by atoms with E-state index >= 15 is 0 Å². The van der Waals surface area contributed by atoms with Crippen LogP contribution >= 0.6 is 0 Å². The van der Waals surface area contributed by atoms with E-state index < -0.39 is 0 Å². The van der Waals surface area contributed by atoms with Crippen LogP contribution in [0.5, 0.6) is 0 Å². The normalized spacial score (nSPS) is 27.4. The van der Waals surface area contributed by atoms with E-state index in [2.05, 4.69) is 19.2 Å². The Morgan fingerprint density at radius 3 is 2.50 bits per heavy atom. The SMILES string of the molecule is CCC(CCN)NC(=O)C1CCC(C)CC1. The molecule has 1 fully saturated rings. The molecule has 0 aromatic heterocycles. The Morgan fingerprint density at radius 1 is 1.38 bits per heavy atom. The van der Waals surface area contributed by atoms with Gasteiger partial charge in [-0.2, -0.15) is 0 Å². The van der Waals surface area contributed by atoms with Gasteiger partial charge in [0.25, 0.3) is 0 Å². The fraction of sp³-hybridized carbons (Fsp3) is 0.923. The van der Waals surface area contributed by atoms with Crippen LogP contribution in [-0.2, 0) is 4.79 Å². The van der Waals surface area contributed by atoms with Gasteiger partial charge in [-0.3, -0.25) is 4.79 Å². The monoisotopic (exact) mass is 226 g/mol. The lowest BCUT2D eigenvalue weighted by atomic mass is 9.82. The predicted octanol–water partition coefficient (Wildman–Crippen LogP) is 2.06. The number of nitrogens with two attached hydrogens (primary N) is 1. The first kappa shape index (κ1) is 13.5. The van der Waals surface area contributed by atoms with E-state index in [-0.39, 0.29) is 17.9 Å². The fourth-order valence-corrected chi connectivity index (χ4v) is 2.42. The van der Waals surface area contributed by atoms with Crippen LogP contribution in [0.1, 0.15) is 52.4 Å². The first-order valence-corrected chi connectivity index (χ1v) is 6.67. The standard InChI is InChI=1S/C13H26N2O/c1-3-12(8-9-14)15-13(16)11-6-4-10(2)5-7-11/h10-12H,3-9,14H2,1-2H3,(H,15,16). The Kier molecular flexibility index (Phi) is 5.81. The van der Waals surface area contributed by atoms with Gasteiger partial charge in [-0.05, 0) is 51.0 Å². The van der Waals surface area contributed by atoms with E-state index in [1.54, 1.807) is 0 Å². The number of amides is 1. The molecule has 0 spiro atoms. The Bertz CT molecular complexity index is 210. The van der Waals surface area contributed by atoms with Gasteiger partial charge in [0.1, 0.15) is 0 Å². The van der Waals surface area contributed by atoms with Gasteiger partial charge in [-0.25, -0.2) is 0 Å². The summed E-state index contributed by atoms with van der Waals surface area (Å²) in [6.07, 6.45) is 6.40. The molecule has 94 valence electrons. The molecule has 1 atom stereocenters. The molecule has 3 nitrogen and oxygen atoms in total. The molecule has 0 aromatic rings. The van der Waals surface area contributed by atoms with E-state index in [9.17, 15) is 4.79 Å². The van der Waals surface area contributed by atoms with Gasteiger partial charge >= 0.3 is 0 Å². The molecule has 1 saturated carbocycles. The Balaban J connectivity index is 2.33. The van der Waals surface area contributed by atoms with Crippen molar-refractivity contribution in [1.29, 1.82) is 0 Å². The van der Waals surface area contributed by atoms with Crippen LogP contribution in [-0.4, -0.2) is 18.5 Å². The highest BCUT2D eigenvalue weighted by Gasteiger charge is 2.25. The number of carbonyl (C=O) groups is 1. The zero-order valence-corrected chi connectivity index (χ0v) is 10.7. The summed E-state index contributed by atoms with van der Waals surface area (Å²) < 4.78 is 0. The molecule has 0 radical (unpaired) electrons. The third-order valence-corrected chi connectivity index (χ3v) is 3.74. The molecule has 16 heavy (non-hydrogen) atoms. The van der Waals surface area contributed by atoms with Crippen molar-refractivity contribution in [2.45, 2.75) is 58.4 Å². The second kappa shape index (κ2) is 6.89. The molecule has 1 aliphatic rings. The van der Waals surface area contributed by atoms with Gasteiger partial charge in [-0.1, -0.05) is 13.8 Å². The zero-order valence-electron chi connectivity index (χ0n) is 10.7. The molecular weight excluding hydrogens is 200 g/mol. The summed E-state index contributed by atoms with van der Waals surface area (Å²) >= 11 is 0. The highest BCUT2D eigenvalue weighted by Crippen LogP contribution is 2.28. The lowest BCUT2D eigenvalue weighted by Crippen LogP contribution is -2.40. The number of hydrogen-bond acceptors (Lipinski definition) is 2. The fourth-order valence-electron chi connectivity index (χ4n) is 2.42. The molecule has 1 amide bonds. The first-order valence-electron chi connectivity index (χ1n) is 6.67. The quantitative estimate of drug-likeness (QED) is 0.754. The van der Waals surface area contributed by atoms with E-state index in [4.69, 9.17) is 5.73 Å². The molecule has 3 N–H and O–H groups in total. The van der Waals surface area contributed by atoms with E-state index in [0.717, 1.165) is 31.6 Å². The first-order chi connectivity index (χ1) is 7.67. The summed E-state index contributed by atoms with van der Waals surface area (Å²) in [5.41, 5.74) is 5.53. The smallest absolute Gasteiger partial charge is 0.223 e. The van der Waals surface area contributed by atoms with Crippen LogP contribution in [0.3, 0.4) is 0 Å². The van der Waals surface area contributed by atoms with Gasteiger partial charge < -0.3 is 11.1 Å². The molecule has 0 aromatic carbocycles. The van der Waals surface area contributed by atoms with Crippen molar-refractivity contribution in [2.75, 3.05) is 6.54 Å². The number of carbonyl (C=O) groups excluding carboxylic acids is 1. The summed E-state index contributed by atoms with van der Waals surface area (Å²) in [4.78, 5) is 12.0. The minimum Gasteiger partial charge on any atom is -0.353 e. The number of rotatable bonds is 5. The maximum absolute atomic E-state index is 12.0. The van der Waals surface area contributed by atoms with Gasteiger partial charge in [0, 0.05) is 12.0 Å². The molecule has 1 rings (SSSR count). The summed E-state index contributed by atoms with van der Waals surface area (Å²) in [6.45, 7) is 5.03. The number of hydrogen-bond donors (Lipinski definition) is 2. The zero-order chi connectivity index (χ0) is 12.0. The van der Waals surface area contributed by atoms with Crippen LogP contribution in [0.25, 0.3) is 0 Å². The molecular formula is C13H26N2O. The molecule has 3 heteroatoms. The topological polar surface area (TPSA) is 55.1 Å². The molecule has 1 aliphatic carbocycles. The van der Waals surface area contributed by atoms with Crippen LogP contribution in [0.2, 0.25) is 0 Å². The molecule has 0 bridgehead atoms. The molecule has 0 saturated heterocycles. The largest absolute Gasteiger partial charge is 0.353 e. The second-order valence-electron chi connectivity index (χ2n) is 5.15. The van der Waals surface area contributed by atoms with Crippen LogP contribution < -0.4 is 11.1 Å². The highest BCUT2D eigenvalue weighted by atomic mass is 16.1. The average Bonchev–Trinajstić information content (AvgIpc) is 2.29. The minimum absolute atomic E-state index is 0.253. The van der Waals surface area contributed by atoms with Crippen LogP contribution in [0.4, 0.5) is 0 Å². The Hall–Kier alpha value is -0.570. The molecule has 0 aliphatic heterocycles. The third kappa shape index (κ3) is 4.12. The summed E-state index contributed by atoms with van der Waals surface area (Å²) in [6, 6.07) is 0.275. The maximum Gasteiger partial charge on any atom is 0.223 e. The van der Waals surface area contributed by atoms with Crippen LogP contribution in [0.15, 0.2) is 0 Å². The highest BCUT2D eigenvalue weighted by molar-refractivity contribution is 5.79. The van der Waals surface area contributed by atoms with Crippen molar-refractivity contribution < 1.29 is 4.79 Å². The second-order valence-corrected chi connectivity index (χ2v) is 5.15. The van der Waals surface area contributed by atoms with E-state index in [1.165, 1.54) is 12.8 Å². The predicted molar refractivity (Wildman–Crippen MR) is 67.0 cm³/mol. The Morgan fingerprint density at radius 2 is 2.00 bits per heavy atom. The van der Waals surface area contributed by atoms with Crippen molar-refractivity contribution in [3.05, 3.63) is 0 Å². The van der Waals surface area contributed by atoms with E-state index in [1.807, 2.05) is 0 Å². The number of nitrogens with one attached hydrogen (secondary N) is 1. The van der Waals surface area contributed by atoms with Crippen molar-refractivity contribution in [2.24, 2.45) is 17.6 Å². The van der Waals surface area contributed by atoms with Gasteiger partial charge in [-0.15, -0.1) is 0 Å². The summed E-state index contributed by atoms with van der Waals surface area (Å²) in [5, 5.41) is 3.13. The Labute approximate surface area is 99.2 Å². The van der Waals surface area contributed by atoms with E-state index in [0.29, 0.717) is 6.54 Å². The van der Waals surface area contributed by atoms with Crippen LogP contribution in [0, 0.1) is 11.8 Å². The lowest BCUT2D eigenvalue weighted by Gasteiger charge is -2.27.